The van der Waals surface area contributed by atoms with Crippen LogP contribution in [0.5, 0.6) is 5.75 Å². The van der Waals surface area contributed by atoms with Crippen molar-refractivity contribution in [3.63, 3.8) is 0 Å². The van der Waals surface area contributed by atoms with Crippen molar-refractivity contribution in [2.24, 2.45) is 0 Å². The van der Waals surface area contributed by atoms with Crippen molar-refractivity contribution in [3.05, 3.63) is 66.5 Å². The first-order chi connectivity index (χ1) is 14.1. The van der Waals surface area contributed by atoms with Crippen LogP contribution in [0.15, 0.2) is 66.1 Å². The van der Waals surface area contributed by atoms with Gasteiger partial charge in [0, 0.05) is 0 Å². The molecule has 0 bridgehead atoms. The third-order valence-electron chi connectivity index (χ3n) is 4.61. The molecule has 29 heavy (non-hydrogen) atoms. The molecule has 0 unspecified atom stereocenters. The highest BCUT2D eigenvalue weighted by Gasteiger charge is 2.22. The standard InChI is InChI=1S/C22H26N4O2S/c1-4-10-18(17-11-6-5-7-12-17)24-21(27)16(2)29-22-25-23-15-26(22)19-13-8-9-14-20(19)28-3/h5-9,11-16,18H,4,10H2,1-3H3,(H,24,27)/t16-,18+/m0/s1. The van der Waals surface area contributed by atoms with Gasteiger partial charge in [0.1, 0.15) is 12.1 Å². The predicted octanol–water partition coefficient (Wildman–Crippen LogP) is 4.41. The van der Waals surface area contributed by atoms with Crippen molar-refractivity contribution in [1.82, 2.24) is 20.1 Å². The lowest BCUT2D eigenvalue weighted by molar-refractivity contribution is -0.121. The second-order valence-corrected chi connectivity index (χ2v) is 7.98. The molecule has 7 heteroatoms. The molecular formula is C22H26N4O2S. The number of aromatic nitrogens is 3. The number of carbonyl (C=O) groups excluding carboxylic acids is 1. The zero-order valence-electron chi connectivity index (χ0n) is 16.9. The van der Waals surface area contributed by atoms with Gasteiger partial charge in [0.05, 0.1) is 24.1 Å². The highest BCUT2D eigenvalue weighted by atomic mass is 32.2. The van der Waals surface area contributed by atoms with Crippen molar-refractivity contribution in [2.45, 2.75) is 43.1 Å². The van der Waals surface area contributed by atoms with E-state index in [4.69, 9.17) is 4.74 Å². The molecule has 1 heterocycles. The van der Waals surface area contributed by atoms with E-state index in [1.807, 2.05) is 54.0 Å². The molecule has 0 fully saturated rings. The van der Waals surface area contributed by atoms with Gasteiger partial charge in [-0.05, 0) is 31.0 Å². The highest BCUT2D eigenvalue weighted by molar-refractivity contribution is 8.00. The van der Waals surface area contributed by atoms with Gasteiger partial charge in [-0.2, -0.15) is 0 Å². The molecule has 0 aliphatic carbocycles. The number of nitrogens with one attached hydrogen (secondary N) is 1. The first kappa shape index (κ1) is 20.9. The average Bonchev–Trinajstić information content (AvgIpc) is 3.21. The average molecular weight is 411 g/mol. The molecule has 1 aromatic heterocycles. The Hall–Kier alpha value is -2.80. The molecular weight excluding hydrogens is 384 g/mol. The van der Waals surface area contributed by atoms with Gasteiger partial charge < -0.3 is 10.1 Å². The van der Waals surface area contributed by atoms with E-state index >= 15 is 0 Å². The minimum Gasteiger partial charge on any atom is -0.495 e. The number of benzene rings is 2. The number of ether oxygens (including phenoxy) is 1. The maximum absolute atomic E-state index is 12.9. The normalized spacial score (nSPS) is 12.9. The molecule has 0 radical (unpaired) electrons. The number of para-hydroxylation sites is 2. The lowest BCUT2D eigenvalue weighted by atomic mass is 10.0. The molecule has 0 spiro atoms. The van der Waals surface area contributed by atoms with Crippen LogP contribution in [0.2, 0.25) is 0 Å². The summed E-state index contributed by atoms with van der Waals surface area (Å²) in [6, 6.07) is 17.7. The summed E-state index contributed by atoms with van der Waals surface area (Å²) >= 11 is 1.38. The fourth-order valence-corrected chi connectivity index (χ4v) is 3.94. The first-order valence-corrected chi connectivity index (χ1v) is 10.6. The third-order valence-corrected chi connectivity index (χ3v) is 5.67. The Morgan fingerprint density at radius 1 is 1.17 bits per heavy atom. The SMILES string of the molecule is CCC[C@@H](NC(=O)[C@H](C)Sc1nncn1-c1ccccc1OC)c1ccccc1. The van der Waals surface area contributed by atoms with E-state index in [-0.39, 0.29) is 17.2 Å². The summed E-state index contributed by atoms with van der Waals surface area (Å²) in [5.74, 6) is 0.699. The van der Waals surface area contributed by atoms with E-state index in [2.05, 4.69) is 34.6 Å². The Morgan fingerprint density at radius 3 is 2.62 bits per heavy atom. The Kier molecular flexibility index (Phi) is 7.30. The molecule has 0 aliphatic heterocycles. The summed E-state index contributed by atoms with van der Waals surface area (Å²) in [7, 11) is 1.63. The Labute approximate surface area is 175 Å². The summed E-state index contributed by atoms with van der Waals surface area (Å²) < 4.78 is 7.28. The van der Waals surface area contributed by atoms with Crippen LogP contribution in [-0.4, -0.2) is 33.0 Å². The van der Waals surface area contributed by atoms with E-state index in [9.17, 15) is 4.79 Å². The van der Waals surface area contributed by atoms with E-state index in [0.717, 1.165) is 29.8 Å². The smallest absolute Gasteiger partial charge is 0.233 e. The van der Waals surface area contributed by atoms with Gasteiger partial charge in [-0.25, -0.2) is 0 Å². The van der Waals surface area contributed by atoms with Gasteiger partial charge in [-0.1, -0.05) is 67.6 Å². The Morgan fingerprint density at radius 2 is 1.90 bits per heavy atom. The molecule has 152 valence electrons. The second kappa shape index (κ2) is 10.1. The molecule has 1 N–H and O–H groups in total. The van der Waals surface area contributed by atoms with Gasteiger partial charge in [-0.3, -0.25) is 9.36 Å². The zero-order chi connectivity index (χ0) is 20.6. The van der Waals surface area contributed by atoms with Crippen molar-refractivity contribution < 1.29 is 9.53 Å². The van der Waals surface area contributed by atoms with Crippen molar-refractivity contribution in [3.8, 4) is 11.4 Å². The van der Waals surface area contributed by atoms with Crippen LogP contribution < -0.4 is 10.1 Å². The molecule has 6 nitrogen and oxygen atoms in total. The largest absolute Gasteiger partial charge is 0.495 e. The zero-order valence-corrected chi connectivity index (χ0v) is 17.7. The van der Waals surface area contributed by atoms with Crippen LogP contribution in [0.1, 0.15) is 38.3 Å². The summed E-state index contributed by atoms with van der Waals surface area (Å²) in [6.45, 7) is 4.01. The summed E-state index contributed by atoms with van der Waals surface area (Å²) in [5.41, 5.74) is 1.96. The van der Waals surface area contributed by atoms with Gasteiger partial charge >= 0.3 is 0 Å². The minimum atomic E-state index is -0.323. The molecule has 1 amide bonds. The van der Waals surface area contributed by atoms with Crippen LogP contribution >= 0.6 is 11.8 Å². The van der Waals surface area contributed by atoms with E-state index < -0.39 is 0 Å². The number of carbonyl (C=O) groups is 1. The van der Waals surface area contributed by atoms with Crippen LogP contribution in [-0.2, 0) is 4.79 Å². The number of nitrogens with zero attached hydrogens (tertiary/aromatic N) is 3. The number of methoxy groups -OCH3 is 1. The van der Waals surface area contributed by atoms with Gasteiger partial charge in [-0.15, -0.1) is 10.2 Å². The molecule has 3 rings (SSSR count). The molecule has 0 aliphatic rings. The molecule has 2 aromatic carbocycles. The number of hydrogen-bond donors (Lipinski definition) is 1. The topological polar surface area (TPSA) is 69.0 Å². The van der Waals surface area contributed by atoms with Gasteiger partial charge in [0.25, 0.3) is 0 Å². The second-order valence-electron chi connectivity index (χ2n) is 6.68. The number of hydrogen-bond acceptors (Lipinski definition) is 5. The minimum absolute atomic E-state index is 0.00355. The molecule has 0 saturated heterocycles. The summed E-state index contributed by atoms with van der Waals surface area (Å²) in [6.07, 6.45) is 3.52. The van der Waals surface area contributed by atoms with Crippen LogP contribution in [0, 0.1) is 0 Å². The monoisotopic (exact) mass is 410 g/mol. The summed E-state index contributed by atoms with van der Waals surface area (Å²) in [4.78, 5) is 12.9. The number of amides is 1. The number of thioether (sulfide) groups is 1. The first-order valence-electron chi connectivity index (χ1n) is 9.69. The Bertz CT molecular complexity index is 929. The third kappa shape index (κ3) is 5.17. The van der Waals surface area contributed by atoms with Crippen LogP contribution in [0.25, 0.3) is 5.69 Å². The van der Waals surface area contributed by atoms with Gasteiger partial charge in [0.15, 0.2) is 5.16 Å². The fourth-order valence-electron chi connectivity index (χ4n) is 3.10. The van der Waals surface area contributed by atoms with E-state index in [1.165, 1.54) is 11.8 Å². The lowest BCUT2D eigenvalue weighted by Crippen LogP contribution is -2.34. The van der Waals surface area contributed by atoms with E-state index in [0.29, 0.717) is 5.16 Å². The molecule has 3 aromatic rings. The quantitative estimate of drug-likeness (QED) is 0.529. The highest BCUT2D eigenvalue weighted by Crippen LogP contribution is 2.29. The van der Waals surface area contributed by atoms with Crippen LogP contribution in [0.3, 0.4) is 0 Å². The predicted molar refractivity (Wildman–Crippen MR) is 115 cm³/mol. The fraction of sp³-hybridized carbons (Fsp3) is 0.318. The van der Waals surface area contributed by atoms with Crippen molar-refractivity contribution in [1.29, 1.82) is 0 Å². The van der Waals surface area contributed by atoms with Gasteiger partial charge in [0.2, 0.25) is 5.91 Å². The van der Waals surface area contributed by atoms with Crippen molar-refractivity contribution in [2.75, 3.05) is 7.11 Å². The van der Waals surface area contributed by atoms with Crippen molar-refractivity contribution >= 4 is 17.7 Å². The number of rotatable bonds is 9. The summed E-state index contributed by atoms with van der Waals surface area (Å²) in [5, 5.41) is 11.7. The van der Waals surface area contributed by atoms with E-state index in [1.54, 1.807) is 13.4 Å². The Balaban J connectivity index is 1.73. The van der Waals surface area contributed by atoms with Crippen LogP contribution in [0.4, 0.5) is 0 Å². The molecule has 0 saturated carbocycles. The maximum atomic E-state index is 12.9. The maximum Gasteiger partial charge on any atom is 0.233 e. The lowest BCUT2D eigenvalue weighted by Gasteiger charge is -2.21. The molecule has 2 atom stereocenters.